The van der Waals surface area contributed by atoms with Gasteiger partial charge in [0.05, 0.1) is 0 Å². The van der Waals surface area contributed by atoms with Gasteiger partial charge in [-0.15, -0.1) is 0 Å². The molecule has 9 heteroatoms. The van der Waals surface area contributed by atoms with Crippen LogP contribution in [0.15, 0.2) is 15.0 Å². The summed E-state index contributed by atoms with van der Waals surface area (Å²) in [4.78, 5) is 29.3. The Morgan fingerprint density at radius 3 is 0.830 bits per heavy atom. The molecule has 0 unspecified atom stereocenters. The Kier molecular flexibility index (Phi) is 21.9. The van der Waals surface area contributed by atoms with E-state index in [-0.39, 0.29) is 21.7 Å². The van der Waals surface area contributed by atoms with Gasteiger partial charge in [-0.05, 0) is 122 Å². The topological polar surface area (TPSA) is 56.5 Å². The zero-order valence-corrected chi connectivity index (χ0v) is 34.4. The molecule has 0 bridgehead atoms. The number of aliphatic imine (C=N–C) groups is 3. The van der Waals surface area contributed by atoms with Crippen molar-refractivity contribution in [1.82, 2.24) is 29.4 Å². The Morgan fingerprint density at radius 2 is 0.617 bits per heavy atom. The maximum atomic E-state index is 5.07. The lowest BCUT2D eigenvalue weighted by Gasteiger charge is -2.30. The highest BCUT2D eigenvalue weighted by Crippen LogP contribution is 2.23. The van der Waals surface area contributed by atoms with Crippen molar-refractivity contribution in [2.45, 2.75) is 67.7 Å². The standard InChI is InChI=1S/C38H81N9/c1-35(2,32-45(14)23-17-20-42(8)9)26-39-29-38(7,30-40-27-36(3,4)33-46(15)24-18-21-43(10)11)31-41-28-37(5,6)34-47(16)25-19-22-44(12)13/h26-28H,17-25,29-34H2,1-16H3. The van der Waals surface area contributed by atoms with Gasteiger partial charge in [0.15, 0.2) is 0 Å². The van der Waals surface area contributed by atoms with E-state index in [0.29, 0.717) is 19.6 Å². The first-order valence-electron chi connectivity index (χ1n) is 18.1. The summed E-state index contributed by atoms with van der Waals surface area (Å²) < 4.78 is 0. The van der Waals surface area contributed by atoms with Gasteiger partial charge in [-0.1, -0.05) is 48.5 Å². The molecule has 9 nitrogen and oxygen atoms in total. The highest BCUT2D eigenvalue weighted by Gasteiger charge is 2.26. The van der Waals surface area contributed by atoms with E-state index in [1.54, 1.807) is 0 Å². The normalized spacial score (nSPS) is 15.4. The zero-order chi connectivity index (χ0) is 36.3. The fourth-order valence-electron chi connectivity index (χ4n) is 6.11. The largest absolute Gasteiger partial charge is 0.309 e. The molecule has 0 rings (SSSR count). The summed E-state index contributed by atoms with van der Waals surface area (Å²) in [7, 11) is 19.5. The smallest absolute Gasteiger partial charge is 0.0474 e. The van der Waals surface area contributed by atoms with Crippen molar-refractivity contribution in [3.05, 3.63) is 0 Å². The van der Waals surface area contributed by atoms with Gasteiger partial charge in [-0.3, -0.25) is 15.0 Å². The SMILES string of the molecule is CN(C)CCCN(C)CC(C)(C)C=NCC(C)(CN=CC(C)(C)CN(C)CCCN(C)C)CN=CC(C)(C)CN(C)CCCN(C)C. The van der Waals surface area contributed by atoms with E-state index < -0.39 is 0 Å². The minimum Gasteiger partial charge on any atom is -0.309 e. The molecule has 0 aromatic carbocycles. The van der Waals surface area contributed by atoms with Crippen LogP contribution in [0.4, 0.5) is 0 Å². The molecule has 0 saturated heterocycles. The van der Waals surface area contributed by atoms with E-state index in [2.05, 4.69) is 160 Å². The van der Waals surface area contributed by atoms with Crippen LogP contribution < -0.4 is 0 Å². The maximum Gasteiger partial charge on any atom is 0.0474 e. The van der Waals surface area contributed by atoms with Crippen LogP contribution in [0.2, 0.25) is 0 Å². The van der Waals surface area contributed by atoms with Crippen LogP contribution in [0, 0.1) is 21.7 Å². The predicted molar refractivity (Wildman–Crippen MR) is 212 cm³/mol. The summed E-state index contributed by atoms with van der Waals surface area (Å²) >= 11 is 0. The molecule has 0 atom stereocenters. The molecule has 0 saturated carbocycles. The minimum absolute atomic E-state index is 0.00136. The molecule has 0 spiro atoms. The quantitative estimate of drug-likeness (QED) is 0.116. The molecular weight excluding hydrogens is 582 g/mol. The third-order valence-corrected chi connectivity index (χ3v) is 8.21. The van der Waals surface area contributed by atoms with Crippen LogP contribution in [-0.2, 0) is 0 Å². The molecule has 278 valence electrons. The first kappa shape index (κ1) is 45.8. The molecule has 0 aliphatic rings. The van der Waals surface area contributed by atoms with Crippen molar-refractivity contribution in [3.8, 4) is 0 Å². The Balaban J connectivity index is 5.58. The monoisotopic (exact) mass is 664 g/mol. The highest BCUT2D eigenvalue weighted by molar-refractivity contribution is 5.66. The third-order valence-electron chi connectivity index (χ3n) is 8.21. The van der Waals surface area contributed by atoms with Gasteiger partial charge in [0.2, 0.25) is 0 Å². The number of hydrogen-bond donors (Lipinski definition) is 0. The van der Waals surface area contributed by atoms with Crippen LogP contribution in [0.3, 0.4) is 0 Å². The second-order valence-corrected chi connectivity index (χ2v) is 17.9. The molecule has 0 N–H and O–H groups in total. The van der Waals surface area contributed by atoms with Gasteiger partial charge < -0.3 is 29.4 Å². The van der Waals surface area contributed by atoms with Crippen molar-refractivity contribution in [1.29, 1.82) is 0 Å². The molecule has 0 aliphatic carbocycles. The molecule has 0 aromatic heterocycles. The summed E-state index contributed by atoms with van der Waals surface area (Å²) in [5.74, 6) is 0. The van der Waals surface area contributed by atoms with Gasteiger partial charge in [0.25, 0.3) is 0 Å². The van der Waals surface area contributed by atoms with Crippen molar-refractivity contribution in [3.63, 3.8) is 0 Å². The van der Waals surface area contributed by atoms with Crippen molar-refractivity contribution >= 4 is 18.6 Å². The molecule has 0 radical (unpaired) electrons. The molecule has 47 heavy (non-hydrogen) atoms. The van der Waals surface area contributed by atoms with E-state index in [1.807, 2.05) is 0 Å². The molecular formula is C38H81N9. The summed E-state index contributed by atoms with van der Waals surface area (Å²) in [6.45, 7) is 27.8. The molecule has 0 fully saturated rings. The van der Waals surface area contributed by atoms with Crippen molar-refractivity contribution in [2.75, 3.05) is 142 Å². The van der Waals surface area contributed by atoms with Gasteiger partial charge in [-0.25, -0.2) is 0 Å². The first-order chi connectivity index (χ1) is 21.6. The van der Waals surface area contributed by atoms with E-state index in [1.165, 1.54) is 19.3 Å². The average Bonchev–Trinajstić information content (AvgIpc) is 2.86. The third kappa shape index (κ3) is 26.3. The minimum atomic E-state index is -0.154. The maximum absolute atomic E-state index is 5.07. The number of rotatable bonds is 27. The van der Waals surface area contributed by atoms with E-state index in [4.69, 9.17) is 15.0 Å². The second kappa shape index (κ2) is 22.5. The fraction of sp³-hybridized carbons (Fsp3) is 0.921. The van der Waals surface area contributed by atoms with Crippen molar-refractivity contribution in [2.24, 2.45) is 36.6 Å². The lowest BCUT2D eigenvalue weighted by atomic mass is 9.89. The predicted octanol–water partition coefficient (Wildman–Crippen LogP) is 4.93. The van der Waals surface area contributed by atoms with Crippen LogP contribution in [0.25, 0.3) is 0 Å². The van der Waals surface area contributed by atoms with Gasteiger partial charge in [0, 0.05) is 79.6 Å². The zero-order valence-electron chi connectivity index (χ0n) is 34.4. The average molecular weight is 664 g/mol. The Morgan fingerprint density at radius 1 is 0.383 bits per heavy atom. The second-order valence-electron chi connectivity index (χ2n) is 17.9. The molecule has 0 heterocycles. The van der Waals surface area contributed by atoms with Crippen LogP contribution >= 0.6 is 0 Å². The molecule has 0 aliphatic heterocycles. The Bertz CT molecular complexity index is 777. The summed E-state index contributed by atoms with van der Waals surface area (Å²) in [5, 5.41) is 0. The number of nitrogens with zero attached hydrogens (tertiary/aromatic N) is 9. The van der Waals surface area contributed by atoms with Crippen molar-refractivity contribution < 1.29 is 0 Å². The van der Waals surface area contributed by atoms with Gasteiger partial charge >= 0.3 is 0 Å². The highest BCUT2D eigenvalue weighted by atomic mass is 15.1. The fourth-order valence-corrected chi connectivity index (χ4v) is 6.11. The van der Waals surface area contributed by atoms with Crippen LogP contribution in [0.1, 0.15) is 67.7 Å². The van der Waals surface area contributed by atoms with E-state index in [0.717, 1.165) is 58.9 Å². The number of hydrogen-bond acceptors (Lipinski definition) is 9. The van der Waals surface area contributed by atoms with Gasteiger partial charge in [-0.2, -0.15) is 0 Å². The van der Waals surface area contributed by atoms with E-state index >= 15 is 0 Å². The first-order valence-corrected chi connectivity index (χ1v) is 18.1. The lowest BCUT2D eigenvalue weighted by molar-refractivity contribution is 0.250. The lowest BCUT2D eigenvalue weighted by Crippen LogP contribution is -2.36. The summed E-state index contributed by atoms with van der Waals surface area (Å²) in [6, 6.07) is 0. The Labute approximate surface area is 293 Å². The molecule has 0 aromatic rings. The summed E-state index contributed by atoms with van der Waals surface area (Å²) in [5.41, 5.74) is -0.158. The Hall–Kier alpha value is -1.23. The summed E-state index contributed by atoms with van der Waals surface area (Å²) in [6.07, 6.45) is 10.1. The van der Waals surface area contributed by atoms with Crippen LogP contribution in [-0.4, -0.2) is 190 Å². The molecule has 0 amide bonds. The van der Waals surface area contributed by atoms with Gasteiger partial charge in [0.1, 0.15) is 0 Å². The van der Waals surface area contributed by atoms with Crippen LogP contribution in [0.5, 0.6) is 0 Å². The van der Waals surface area contributed by atoms with E-state index in [9.17, 15) is 0 Å².